The first kappa shape index (κ1) is 18.1. The topological polar surface area (TPSA) is 101 Å². The van der Waals surface area contributed by atoms with Crippen molar-refractivity contribution in [3.63, 3.8) is 0 Å². The molecular weight excluding hydrogens is 366 g/mol. The highest BCUT2D eigenvalue weighted by molar-refractivity contribution is 5.96. The van der Waals surface area contributed by atoms with Crippen LogP contribution in [0.4, 0.5) is 16.2 Å². The van der Waals surface area contributed by atoms with Crippen molar-refractivity contribution in [3.05, 3.63) is 48.4 Å². The van der Waals surface area contributed by atoms with Crippen molar-refractivity contribution in [3.8, 4) is 0 Å². The normalized spacial score (nSPS) is 19.6. The Kier molecular flexibility index (Phi) is 4.98. The molecule has 2 saturated heterocycles. The van der Waals surface area contributed by atoms with Crippen molar-refractivity contribution in [1.29, 1.82) is 0 Å². The Morgan fingerprint density at radius 1 is 1.11 bits per heavy atom. The third-order valence-electron chi connectivity index (χ3n) is 4.57. The molecule has 0 unspecified atom stereocenters. The Morgan fingerprint density at radius 2 is 1.86 bits per heavy atom. The van der Waals surface area contributed by atoms with Crippen LogP contribution in [-0.2, 0) is 14.3 Å². The highest BCUT2D eigenvalue weighted by atomic mass is 16.6. The fourth-order valence-corrected chi connectivity index (χ4v) is 3.14. The number of nitrogens with one attached hydrogen (secondary N) is 1. The van der Waals surface area contributed by atoms with Crippen LogP contribution in [0.2, 0.25) is 0 Å². The van der Waals surface area contributed by atoms with E-state index in [0.29, 0.717) is 25.4 Å². The molecule has 0 radical (unpaired) electrons. The maximum absolute atomic E-state index is 12.2. The number of anilines is 2. The molecule has 1 atom stereocenters. The van der Waals surface area contributed by atoms with Crippen LogP contribution in [0.25, 0.3) is 0 Å². The Hall–Kier alpha value is -3.33. The minimum Gasteiger partial charge on any atom is -0.459 e. The summed E-state index contributed by atoms with van der Waals surface area (Å²) in [5, 5.41) is 2.68. The zero-order valence-electron chi connectivity index (χ0n) is 15.0. The van der Waals surface area contributed by atoms with Crippen LogP contribution < -0.4 is 15.1 Å². The molecule has 2 aromatic rings. The van der Waals surface area contributed by atoms with Crippen LogP contribution >= 0.6 is 0 Å². The number of amides is 3. The molecule has 2 aliphatic heterocycles. The van der Waals surface area contributed by atoms with Gasteiger partial charge in [0.25, 0.3) is 11.8 Å². The van der Waals surface area contributed by atoms with Gasteiger partial charge in [0.15, 0.2) is 5.76 Å². The summed E-state index contributed by atoms with van der Waals surface area (Å²) in [4.78, 5) is 39.2. The Morgan fingerprint density at radius 3 is 2.54 bits per heavy atom. The number of rotatable bonds is 5. The van der Waals surface area contributed by atoms with E-state index in [0.717, 1.165) is 5.69 Å². The summed E-state index contributed by atoms with van der Waals surface area (Å²) in [5.41, 5.74) is 1.42. The monoisotopic (exact) mass is 385 g/mol. The van der Waals surface area contributed by atoms with Gasteiger partial charge in [0.2, 0.25) is 0 Å². The van der Waals surface area contributed by atoms with E-state index in [1.165, 1.54) is 11.2 Å². The molecule has 0 aliphatic carbocycles. The predicted octanol–water partition coefficient (Wildman–Crippen LogP) is 1.40. The summed E-state index contributed by atoms with van der Waals surface area (Å²) in [6, 6.07) is 10.3. The molecule has 1 N–H and O–H groups in total. The number of nitrogens with zero attached hydrogens (tertiary/aromatic N) is 2. The van der Waals surface area contributed by atoms with Crippen LogP contribution in [0, 0.1) is 0 Å². The molecule has 0 bridgehead atoms. The molecule has 2 fully saturated rings. The number of carbonyl (C=O) groups excluding carboxylic acids is 3. The maximum Gasteiger partial charge on any atom is 0.414 e. The Balaban J connectivity index is 1.36. The van der Waals surface area contributed by atoms with Crippen molar-refractivity contribution < 1.29 is 28.3 Å². The van der Waals surface area contributed by atoms with E-state index < -0.39 is 12.2 Å². The Bertz CT molecular complexity index is 864. The molecule has 3 heterocycles. The van der Waals surface area contributed by atoms with Crippen molar-refractivity contribution in [1.82, 2.24) is 5.32 Å². The van der Waals surface area contributed by atoms with Gasteiger partial charge in [-0.1, -0.05) is 0 Å². The number of hydrogen-bond donors (Lipinski definition) is 1. The van der Waals surface area contributed by atoms with E-state index in [-0.39, 0.29) is 30.7 Å². The second-order valence-corrected chi connectivity index (χ2v) is 6.42. The van der Waals surface area contributed by atoms with Gasteiger partial charge in [-0.2, -0.15) is 0 Å². The lowest BCUT2D eigenvalue weighted by Crippen LogP contribution is -2.41. The summed E-state index contributed by atoms with van der Waals surface area (Å²) >= 11 is 0. The van der Waals surface area contributed by atoms with Gasteiger partial charge in [0.1, 0.15) is 12.7 Å². The second-order valence-electron chi connectivity index (χ2n) is 6.42. The first-order chi connectivity index (χ1) is 13.6. The molecule has 2 aliphatic rings. The summed E-state index contributed by atoms with van der Waals surface area (Å²) in [5.74, 6) is -0.250. The number of furan rings is 1. The predicted molar refractivity (Wildman–Crippen MR) is 98.3 cm³/mol. The number of cyclic esters (lactones) is 1. The van der Waals surface area contributed by atoms with E-state index >= 15 is 0 Å². The van der Waals surface area contributed by atoms with Crippen molar-refractivity contribution in [2.24, 2.45) is 0 Å². The fraction of sp³-hybridized carbons (Fsp3) is 0.316. The molecule has 9 nitrogen and oxygen atoms in total. The molecule has 0 saturated carbocycles. The Labute approximate surface area is 160 Å². The van der Waals surface area contributed by atoms with E-state index in [2.05, 4.69) is 5.32 Å². The van der Waals surface area contributed by atoms with Crippen LogP contribution in [0.5, 0.6) is 0 Å². The van der Waals surface area contributed by atoms with Gasteiger partial charge in [-0.15, -0.1) is 0 Å². The molecule has 1 aromatic heterocycles. The molecular formula is C19H19N3O6. The minimum absolute atomic E-state index is 0.0750. The van der Waals surface area contributed by atoms with E-state index in [1.807, 2.05) is 0 Å². The largest absolute Gasteiger partial charge is 0.459 e. The third-order valence-corrected chi connectivity index (χ3v) is 4.57. The lowest BCUT2D eigenvalue weighted by atomic mass is 10.2. The number of benzene rings is 1. The van der Waals surface area contributed by atoms with Crippen LogP contribution in [0.15, 0.2) is 47.1 Å². The van der Waals surface area contributed by atoms with Gasteiger partial charge in [-0.3, -0.25) is 14.5 Å². The van der Waals surface area contributed by atoms with Crippen LogP contribution in [0.1, 0.15) is 10.6 Å². The number of morpholine rings is 1. The van der Waals surface area contributed by atoms with Gasteiger partial charge in [-0.05, 0) is 36.4 Å². The van der Waals surface area contributed by atoms with E-state index in [1.54, 1.807) is 41.3 Å². The van der Waals surface area contributed by atoms with Gasteiger partial charge in [0.05, 0.1) is 26.0 Å². The number of ether oxygens (including phenoxy) is 2. The average Bonchev–Trinajstić information content (AvgIpc) is 3.37. The molecule has 1 aromatic carbocycles. The van der Waals surface area contributed by atoms with Gasteiger partial charge in [0, 0.05) is 17.9 Å². The van der Waals surface area contributed by atoms with Crippen molar-refractivity contribution in [2.75, 3.05) is 42.6 Å². The second kappa shape index (κ2) is 7.73. The summed E-state index contributed by atoms with van der Waals surface area (Å²) < 4.78 is 15.5. The molecule has 9 heteroatoms. The average molecular weight is 385 g/mol. The first-order valence-electron chi connectivity index (χ1n) is 8.90. The van der Waals surface area contributed by atoms with E-state index in [4.69, 9.17) is 13.9 Å². The first-order valence-corrected chi connectivity index (χ1v) is 8.90. The SMILES string of the molecule is O=C(NC[C@H]1CN(c2ccc(N3CCOCC3=O)cc2)C(=O)O1)c1ccco1. The molecule has 28 heavy (non-hydrogen) atoms. The van der Waals surface area contributed by atoms with Crippen LogP contribution in [0.3, 0.4) is 0 Å². The van der Waals surface area contributed by atoms with Crippen LogP contribution in [-0.4, -0.2) is 56.9 Å². The van der Waals surface area contributed by atoms with Crippen molar-refractivity contribution >= 4 is 29.3 Å². The van der Waals surface area contributed by atoms with Gasteiger partial charge < -0.3 is 24.1 Å². The fourth-order valence-electron chi connectivity index (χ4n) is 3.14. The zero-order chi connectivity index (χ0) is 19.5. The summed E-state index contributed by atoms with van der Waals surface area (Å²) in [7, 11) is 0. The third kappa shape index (κ3) is 3.70. The molecule has 3 amide bonds. The smallest absolute Gasteiger partial charge is 0.414 e. The molecule has 146 valence electrons. The zero-order valence-corrected chi connectivity index (χ0v) is 15.0. The highest BCUT2D eigenvalue weighted by Gasteiger charge is 2.33. The maximum atomic E-state index is 12.2. The lowest BCUT2D eigenvalue weighted by Gasteiger charge is -2.27. The highest BCUT2D eigenvalue weighted by Crippen LogP contribution is 2.25. The van der Waals surface area contributed by atoms with Crippen molar-refractivity contribution in [2.45, 2.75) is 6.10 Å². The summed E-state index contributed by atoms with van der Waals surface area (Å²) in [6.45, 7) is 1.57. The number of carbonyl (C=O) groups is 3. The molecule has 0 spiro atoms. The van der Waals surface area contributed by atoms with E-state index in [9.17, 15) is 14.4 Å². The van der Waals surface area contributed by atoms with Gasteiger partial charge in [-0.25, -0.2) is 4.79 Å². The lowest BCUT2D eigenvalue weighted by molar-refractivity contribution is -0.125. The number of hydrogen-bond acceptors (Lipinski definition) is 6. The molecule has 4 rings (SSSR count). The van der Waals surface area contributed by atoms with Gasteiger partial charge >= 0.3 is 6.09 Å². The standard InChI is InChI=1S/C19H19N3O6/c23-17-12-26-9-7-21(17)13-3-5-14(6-4-13)22-11-15(28-19(22)25)10-20-18(24)16-2-1-8-27-16/h1-6,8,15H,7,9-12H2,(H,20,24)/t15-/m0/s1. The quantitative estimate of drug-likeness (QED) is 0.835. The summed E-state index contributed by atoms with van der Waals surface area (Å²) in [6.07, 6.45) is 0.472. The minimum atomic E-state index is -0.479.